The first-order valence-corrected chi connectivity index (χ1v) is 7.33. The van der Waals surface area contributed by atoms with Crippen LogP contribution in [-0.2, 0) is 4.74 Å². The van der Waals surface area contributed by atoms with Crippen molar-refractivity contribution in [3.8, 4) is 0 Å². The molecule has 1 atom stereocenters. The Bertz CT molecular complexity index is 555. The Morgan fingerprint density at radius 1 is 1.35 bits per heavy atom. The predicted molar refractivity (Wildman–Crippen MR) is 79.3 cm³/mol. The Hall–Kier alpha value is -1.93. The van der Waals surface area contributed by atoms with Crippen LogP contribution in [-0.4, -0.2) is 34.2 Å². The fourth-order valence-corrected chi connectivity index (χ4v) is 2.57. The second kappa shape index (κ2) is 6.02. The van der Waals surface area contributed by atoms with Gasteiger partial charge in [-0.15, -0.1) is 11.3 Å². The molecule has 1 aliphatic heterocycles. The molecule has 1 saturated heterocycles. The number of aromatic nitrogens is 3. The molecule has 0 saturated carbocycles. The van der Waals surface area contributed by atoms with Crippen LogP contribution in [0.5, 0.6) is 0 Å². The molecule has 4 N–H and O–H groups in total. The molecule has 3 heterocycles. The van der Waals surface area contributed by atoms with E-state index in [1.807, 2.05) is 5.38 Å². The molecule has 1 aliphatic rings. The molecule has 106 valence electrons. The lowest BCUT2D eigenvalue weighted by molar-refractivity contribution is 0.120. The van der Waals surface area contributed by atoms with Crippen molar-refractivity contribution >= 4 is 33.8 Å². The van der Waals surface area contributed by atoms with Crippen molar-refractivity contribution in [2.45, 2.75) is 18.9 Å². The first-order chi connectivity index (χ1) is 9.83. The van der Waals surface area contributed by atoms with Crippen LogP contribution >= 0.6 is 11.3 Å². The zero-order valence-corrected chi connectivity index (χ0v) is 11.7. The third-order valence-electron chi connectivity index (χ3n) is 3.06. The first-order valence-electron chi connectivity index (χ1n) is 6.45. The number of nitrogens with one attached hydrogen (secondary N) is 2. The van der Waals surface area contributed by atoms with Gasteiger partial charge in [0.1, 0.15) is 12.0 Å². The third kappa shape index (κ3) is 2.97. The monoisotopic (exact) mass is 292 g/mol. The van der Waals surface area contributed by atoms with E-state index in [1.54, 1.807) is 6.20 Å². The highest BCUT2D eigenvalue weighted by molar-refractivity contribution is 7.13. The quantitative estimate of drug-likeness (QED) is 0.773. The summed E-state index contributed by atoms with van der Waals surface area (Å²) in [5, 5.41) is 8.93. The van der Waals surface area contributed by atoms with Gasteiger partial charge in [0.05, 0.1) is 6.10 Å². The maximum absolute atomic E-state index is 6.07. The average molecular weight is 292 g/mol. The smallest absolute Gasteiger partial charge is 0.188 e. The minimum absolute atomic E-state index is 0.236. The van der Waals surface area contributed by atoms with E-state index >= 15 is 0 Å². The molecule has 2 aromatic rings. The van der Waals surface area contributed by atoms with Crippen LogP contribution < -0.4 is 16.4 Å². The van der Waals surface area contributed by atoms with Crippen LogP contribution in [0, 0.1) is 0 Å². The predicted octanol–water partition coefficient (Wildman–Crippen LogP) is 1.85. The van der Waals surface area contributed by atoms with E-state index in [1.165, 1.54) is 17.7 Å². The molecule has 1 unspecified atom stereocenters. The Balaban J connectivity index is 1.68. The van der Waals surface area contributed by atoms with Gasteiger partial charge in [0.2, 0.25) is 0 Å². The number of anilines is 4. The zero-order chi connectivity index (χ0) is 13.8. The SMILES string of the molecule is Nc1c(NCC2CCCO2)ncnc1Nc1nccs1. The van der Waals surface area contributed by atoms with E-state index in [4.69, 9.17) is 10.5 Å². The lowest BCUT2D eigenvalue weighted by atomic mass is 10.2. The normalized spacial score (nSPS) is 18.1. The van der Waals surface area contributed by atoms with Crippen LogP contribution in [0.4, 0.5) is 22.5 Å². The van der Waals surface area contributed by atoms with Gasteiger partial charge in [-0.25, -0.2) is 15.0 Å². The summed E-state index contributed by atoms with van der Waals surface area (Å²) in [5.74, 6) is 1.18. The van der Waals surface area contributed by atoms with E-state index in [0.717, 1.165) is 24.6 Å². The number of thiazole rings is 1. The number of rotatable bonds is 5. The van der Waals surface area contributed by atoms with E-state index < -0.39 is 0 Å². The van der Waals surface area contributed by atoms with Crippen LogP contribution in [0.2, 0.25) is 0 Å². The van der Waals surface area contributed by atoms with E-state index in [0.29, 0.717) is 23.9 Å². The van der Waals surface area contributed by atoms with Crippen molar-refractivity contribution in [3.05, 3.63) is 17.9 Å². The Morgan fingerprint density at radius 3 is 3.00 bits per heavy atom. The number of ether oxygens (including phenoxy) is 1. The van der Waals surface area contributed by atoms with Gasteiger partial charge in [-0.3, -0.25) is 0 Å². The van der Waals surface area contributed by atoms with Crippen molar-refractivity contribution in [2.24, 2.45) is 0 Å². The van der Waals surface area contributed by atoms with Crippen molar-refractivity contribution in [2.75, 3.05) is 29.5 Å². The van der Waals surface area contributed by atoms with Crippen molar-refractivity contribution in [1.82, 2.24) is 15.0 Å². The molecule has 0 bridgehead atoms. The number of nitrogen functional groups attached to an aromatic ring is 1. The summed E-state index contributed by atoms with van der Waals surface area (Å²) in [6.45, 7) is 1.54. The summed E-state index contributed by atoms with van der Waals surface area (Å²) in [4.78, 5) is 12.5. The van der Waals surface area contributed by atoms with E-state index in [2.05, 4.69) is 25.6 Å². The van der Waals surface area contributed by atoms with Crippen LogP contribution in [0.3, 0.4) is 0 Å². The minimum Gasteiger partial charge on any atom is -0.393 e. The molecule has 0 aliphatic carbocycles. The maximum atomic E-state index is 6.07. The van der Waals surface area contributed by atoms with Gasteiger partial charge >= 0.3 is 0 Å². The number of nitrogens with zero attached hydrogens (tertiary/aromatic N) is 3. The summed E-state index contributed by atoms with van der Waals surface area (Å²) in [6.07, 6.45) is 5.62. The first kappa shape index (κ1) is 13.1. The highest BCUT2D eigenvalue weighted by Crippen LogP contribution is 2.26. The van der Waals surface area contributed by atoms with Crippen molar-refractivity contribution in [3.63, 3.8) is 0 Å². The highest BCUT2D eigenvalue weighted by Gasteiger charge is 2.16. The molecule has 3 rings (SSSR count). The third-order valence-corrected chi connectivity index (χ3v) is 3.75. The van der Waals surface area contributed by atoms with Crippen molar-refractivity contribution < 1.29 is 4.74 Å². The fraction of sp³-hybridized carbons (Fsp3) is 0.417. The molecule has 0 aromatic carbocycles. The second-order valence-electron chi connectivity index (χ2n) is 4.46. The maximum Gasteiger partial charge on any atom is 0.188 e. The molecular formula is C12H16N6OS. The van der Waals surface area contributed by atoms with Gasteiger partial charge in [-0.05, 0) is 12.8 Å². The largest absolute Gasteiger partial charge is 0.393 e. The molecule has 8 heteroatoms. The molecule has 1 fully saturated rings. The van der Waals surface area contributed by atoms with Crippen LogP contribution in [0.15, 0.2) is 17.9 Å². The number of hydrogen-bond acceptors (Lipinski definition) is 8. The lowest BCUT2D eigenvalue weighted by Crippen LogP contribution is -2.20. The minimum atomic E-state index is 0.236. The van der Waals surface area contributed by atoms with Gasteiger partial charge < -0.3 is 21.1 Å². The van der Waals surface area contributed by atoms with Crippen LogP contribution in [0.1, 0.15) is 12.8 Å². The number of hydrogen-bond donors (Lipinski definition) is 3. The highest BCUT2D eigenvalue weighted by atomic mass is 32.1. The summed E-state index contributed by atoms with van der Waals surface area (Å²) in [6, 6.07) is 0. The van der Waals surface area contributed by atoms with Gasteiger partial charge in [-0.2, -0.15) is 0 Å². The molecular weight excluding hydrogens is 276 g/mol. The molecule has 0 amide bonds. The molecule has 7 nitrogen and oxygen atoms in total. The standard InChI is InChI=1S/C12H16N6OS/c13-9-10(15-6-8-2-1-4-19-8)16-7-17-11(9)18-12-14-3-5-20-12/h3,5,7-8H,1-2,4,6,13H2,(H2,14,15,16,17,18). The van der Waals surface area contributed by atoms with Crippen molar-refractivity contribution in [1.29, 1.82) is 0 Å². The average Bonchev–Trinajstić information content (AvgIpc) is 3.13. The topological polar surface area (TPSA) is 98.0 Å². The van der Waals surface area contributed by atoms with Gasteiger partial charge in [-0.1, -0.05) is 0 Å². The number of nitrogens with two attached hydrogens (primary N) is 1. The van der Waals surface area contributed by atoms with Gasteiger partial charge in [0.15, 0.2) is 16.8 Å². The summed E-state index contributed by atoms with van der Waals surface area (Å²) in [5.41, 5.74) is 6.56. The Morgan fingerprint density at radius 2 is 2.25 bits per heavy atom. The molecule has 0 spiro atoms. The van der Waals surface area contributed by atoms with E-state index in [-0.39, 0.29) is 6.10 Å². The Kier molecular flexibility index (Phi) is 3.93. The molecule has 20 heavy (non-hydrogen) atoms. The zero-order valence-electron chi connectivity index (χ0n) is 10.9. The summed E-state index contributed by atoms with van der Waals surface area (Å²) < 4.78 is 5.56. The van der Waals surface area contributed by atoms with Gasteiger partial charge in [0.25, 0.3) is 0 Å². The Labute approximate surface area is 120 Å². The summed E-state index contributed by atoms with van der Waals surface area (Å²) in [7, 11) is 0. The molecule has 0 radical (unpaired) electrons. The molecule has 2 aromatic heterocycles. The fourth-order valence-electron chi connectivity index (χ4n) is 2.04. The summed E-state index contributed by atoms with van der Waals surface area (Å²) >= 11 is 1.49. The second-order valence-corrected chi connectivity index (χ2v) is 5.36. The van der Waals surface area contributed by atoms with E-state index in [9.17, 15) is 0 Å². The van der Waals surface area contributed by atoms with Crippen LogP contribution in [0.25, 0.3) is 0 Å². The van der Waals surface area contributed by atoms with Gasteiger partial charge in [0, 0.05) is 24.7 Å². The lowest BCUT2D eigenvalue weighted by Gasteiger charge is -2.14.